The van der Waals surface area contributed by atoms with Gasteiger partial charge in [0.15, 0.2) is 11.5 Å². The van der Waals surface area contributed by atoms with E-state index in [-0.39, 0.29) is 6.61 Å². The van der Waals surface area contributed by atoms with Crippen molar-refractivity contribution < 1.29 is 19.3 Å². The van der Waals surface area contributed by atoms with Crippen LogP contribution < -0.4 is 14.8 Å². The summed E-state index contributed by atoms with van der Waals surface area (Å²) in [6, 6.07) is 3.86. The van der Waals surface area contributed by atoms with Crippen LogP contribution in [0.15, 0.2) is 16.6 Å². The highest BCUT2D eigenvalue weighted by atomic mass is 79.9. The van der Waals surface area contributed by atoms with Crippen LogP contribution in [0.4, 0.5) is 0 Å². The molecule has 0 heterocycles. The molecule has 0 aromatic heterocycles. The highest BCUT2D eigenvalue weighted by Gasteiger charge is 2.11. The molecule has 108 valence electrons. The third-order valence-corrected chi connectivity index (χ3v) is 2.95. The summed E-state index contributed by atoms with van der Waals surface area (Å²) in [6.07, 6.45) is 0. The van der Waals surface area contributed by atoms with Gasteiger partial charge in [-0.05, 0) is 12.1 Å². The predicted octanol–water partition coefficient (Wildman–Crippen LogP) is 1.56. The zero-order valence-electron chi connectivity index (χ0n) is 11.2. The molecule has 0 bridgehead atoms. The molecule has 0 unspecified atom stereocenters. The number of hydrogen-bond acceptors (Lipinski definition) is 5. The summed E-state index contributed by atoms with van der Waals surface area (Å²) in [4.78, 5) is 0. The average molecular weight is 334 g/mol. The Morgan fingerprint density at radius 1 is 1.21 bits per heavy atom. The van der Waals surface area contributed by atoms with Gasteiger partial charge in [0.25, 0.3) is 0 Å². The Hall–Kier alpha value is -0.820. The smallest absolute Gasteiger partial charge is 0.165 e. The molecular formula is C13H20BrNO4. The molecule has 0 spiro atoms. The van der Waals surface area contributed by atoms with Crippen molar-refractivity contribution >= 4 is 15.9 Å². The lowest BCUT2D eigenvalue weighted by Crippen LogP contribution is -2.20. The molecule has 0 aliphatic rings. The maximum absolute atomic E-state index is 8.58. The van der Waals surface area contributed by atoms with E-state index in [2.05, 4.69) is 21.2 Å². The maximum atomic E-state index is 8.58. The first kappa shape index (κ1) is 16.2. The lowest BCUT2D eigenvalue weighted by molar-refractivity contribution is 0.0937. The number of ether oxygens (including phenoxy) is 3. The van der Waals surface area contributed by atoms with Gasteiger partial charge < -0.3 is 24.6 Å². The fourth-order valence-electron chi connectivity index (χ4n) is 1.67. The molecule has 5 nitrogen and oxygen atoms in total. The lowest BCUT2D eigenvalue weighted by Gasteiger charge is -2.14. The third-order valence-electron chi connectivity index (χ3n) is 2.49. The van der Waals surface area contributed by atoms with Crippen LogP contribution >= 0.6 is 15.9 Å². The highest BCUT2D eigenvalue weighted by molar-refractivity contribution is 9.10. The van der Waals surface area contributed by atoms with Crippen molar-refractivity contribution in [2.45, 2.75) is 6.54 Å². The molecule has 1 aromatic rings. The Kier molecular flexibility index (Phi) is 7.81. The van der Waals surface area contributed by atoms with E-state index in [1.165, 1.54) is 0 Å². The van der Waals surface area contributed by atoms with Crippen molar-refractivity contribution in [2.75, 3.05) is 40.6 Å². The Labute approximate surface area is 122 Å². The van der Waals surface area contributed by atoms with E-state index >= 15 is 0 Å². The van der Waals surface area contributed by atoms with Crippen molar-refractivity contribution in [1.82, 2.24) is 5.32 Å². The number of methoxy groups -OCH3 is 2. The Bertz CT molecular complexity index is 387. The van der Waals surface area contributed by atoms with Gasteiger partial charge in [-0.2, -0.15) is 0 Å². The molecule has 0 aliphatic heterocycles. The first-order chi connectivity index (χ1) is 9.22. The van der Waals surface area contributed by atoms with Gasteiger partial charge in [0.2, 0.25) is 0 Å². The molecule has 0 aliphatic carbocycles. The van der Waals surface area contributed by atoms with E-state index in [1.54, 1.807) is 14.2 Å². The molecule has 0 atom stereocenters. The lowest BCUT2D eigenvalue weighted by atomic mass is 10.2. The number of aliphatic hydroxyl groups is 1. The topological polar surface area (TPSA) is 60.0 Å². The first-order valence-corrected chi connectivity index (χ1v) is 6.82. The van der Waals surface area contributed by atoms with Crippen LogP contribution in [0.5, 0.6) is 11.5 Å². The molecule has 0 amide bonds. The number of nitrogens with one attached hydrogen (secondary N) is 1. The molecule has 0 radical (unpaired) electrons. The number of hydrogen-bond donors (Lipinski definition) is 2. The fraction of sp³-hybridized carbons (Fsp3) is 0.538. The van der Waals surface area contributed by atoms with Crippen LogP contribution in [0.2, 0.25) is 0 Å². The van der Waals surface area contributed by atoms with Gasteiger partial charge in [0.1, 0.15) is 0 Å². The molecule has 6 heteroatoms. The van der Waals surface area contributed by atoms with Crippen LogP contribution in [0.3, 0.4) is 0 Å². The van der Waals surface area contributed by atoms with Gasteiger partial charge in [-0.25, -0.2) is 0 Å². The molecule has 0 saturated carbocycles. The van der Waals surface area contributed by atoms with Crippen molar-refractivity contribution in [3.8, 4) is 11.5 Å². The van der Waals surface area contributed by atoms with Gasteiger partial charge in [-0.3, -0.25) is 0 Å². The Balaban J connectivity index is 2.54. The maximum Gasteiger partial charge on any atom is 0.165 e. The third kappa shape index (κ3) is 5.36. The molecule has 1 aromatic carbocycles. The van der Waals surface area contributed by atoms with Crippen LogP contribution in [0.1, 0.15) is 5.56 Å². The monoisotopic (exact) mass is 333 g/mol. The van der Waals surface area contributed by atoms with E-state index < -0.39 is 0 Å². The second-order valence-corrected chi connectivity index (χ2v) is 4.73. The second-order valence-electron chi connectivity index (χ2n) is 3.81. The van der Waals surface area contributed by atoms with E-state index in [0.29, 0.717) is 32.1 Å². The first-order valence-electron chi connectivity index (χ1n) is 6.02. The molecule has 0 saturated heterocycles. The zero-order valence-corrected chi connectivity index (χ0v) is 12.8. The Morgan fingerprint density at radius 2 is 2.00 bits per heavy atom. The highest BCUT2D eigenvalue weighted by Crippen LogP contribution is 2.34. The van der Waals surface area contributed by atoms with Gasteiger partial charge in [-0.15, -0.1) is 0 Å². The summed E-state index contributed by atoms with van der Waals surface area (Å²) in [5, 5.41) is 11.8. The minimum absolute atomic E-state index is 0.0522. The quantitative estimate of drug-likeness (QED) is 0.672. The molecule has 19 heavy (non-hydrogen) atoms. The van der Waals surface area contributed by atoms with Gasteiger partial charge in [0, 0.05) is 23.1 Å². The van der Waals surface area contributed by atoms with Crippen LogP contribution in [0.25, 0.3) is 0 Å². The van der Waals surface area contributed by atoms with Gasteiger partial charge >= 0.3 is 0 Å². The predicted molar refractivity (Wildman–Crippen MR) is 76.9 cm³/mol. The standard InChI is InChI=1S/C13H20BrNO4/c1-17-12-8-11(14)7-10(13(12)18-2)9-15-3-5-19-6-4-16/h7-8,15-16H,3-6,9H2,1-2H3. The summed E-state index contributed by atoms with van der Waals surface area (Å²) in [7, 11) is 3.24. The molecule has 0 fully saturated rings. The number of aliphatic hydroxyl groups excluding tert-OH is 1. The molecule has 1 rings (SSSR count). The summed E-state index contributed by atoms with van der Waals surface area (Å²) >= 11 is 3.44. The number of halogens is 1. The molecule has 2 N–H and O–H groups in total. The van der Waals surface area contributed by atoms with Crippen molar-refractivity contribution in [3.05, 3.63) is 22.2 Å². The van der Waals surface area contributed by atoms with E-state index in [4.69, 9.17) is 19.3 Å². The summed E-state index contributed by atoms with van der Waals surface area (Å²) in [5.41, 5.74) is 1.01. The van der Waals surface area contributed by atoms with Crippen LogP contribution in [-0.4, -0.2) is 45.7 Å². The van der Waals surface area contributed by atoms with Crippen LogP contribution in [0, 0.1) is 0 Å². The van der Waals surface area contributed by atoms with E-state index in [1.807, 2.05) is 12.1 Å². The summed E-state index contributed by atoms with van der Waals surface area (Å²) in [5.74, 6) is 1.43. The van der Waals surface area contributed by atoms with Crippen LogP contribution in [-0.2, 0) is 11.3 Å². The molecular weight excluding hydrogens is 314 g/mol. The van der Waals surface area contributed by atoms with E-state index in [0.717, 1.165) is 15.8 Å². The van der Waals surface area contributed by atoms with Crippen molar-refractivity contribution in [2.24, 2.45) is 0 Å². The Morgan fingerprint density at radius 3 is 2.63 bits per heavy atom. The minimum Gasteiger partial charge on any atom is -0.493 e. The van der Waals surface area contributed by atoms with Crippen molar-refractivity contribution in [3.63, 3.8) is 0 Å². The van der Waals surface area contributed by atoms with Gasteiger partial charge in [0.05, 0.1) is 34.0 Å². The average Bonchev–Trinajstić information content (AvgIpc) is 2.42. The normalized spacial score (nSPS) is 10.5. The minimum atomic E-state index is 0.0522. The SMILES string of the molecule is COc1cc(Br)cc(CNCCOCCO)c1OC. The second kappa shape index (κ2) is 9.14. The summed E-state index contributed by atoms with van der Waals surface area (Å²) in [6.45, 7) is 2.35. The summed E-state index contributed by atoms with van der Waals surface area (Å²) < 4.78 is 16.8. The van der Waals surface area contributed by atoms with Crippen molar-refractivity contribution in [1.29, 1.82) is 0 Å². The number of benzene rings is 1. The number of rotatable bonds is 9. The van der Waals surface area contributed by atoms with Gasteiger partial charge in [-0.1, -0.05) is 15.9 Å². The zero-order chi connectivity index (χ0) is 14.1. The van der Waals surface area contributed by atoms with E-state index in [9.17, 15) is 0 Å². The largest absolute Gasteiger partial charge is 0.493 e. The fourth-order valence-corrected chi connectivity index (χ4v) is 2.16.